The van der Waals surface area contributed by atoms with Gasteiger partial charge in [-0.3, -0.25) is 9.13 Å². The first-order chi connectivity index (χ1) is 16.4. The second-order valence-corrected chi connectivity index (χ2v) is 12.6. The summed E-state index contributed by atoms with van der Waals surface area (Å²) in [5, 5.41) is 20.9. The first-order valence-corrected chi connectivity index (χ1v) is 15.3. The highest BCUT2D eigenvalue weighted by Crippen LogP contribution is 2.54. The van der Waals surface area contributed by atoms with Crippen LogP contribution in [-0.4, -0.2) is 36.6 Å². The van der Waals surface area contributed by atoms with E-state index >= 15 is 0 Å². The zero-order valence-corrected chi connectivity index (χ0v) is 23.2. The van der Waals surface area contributed by atoms with Crippen LogP contribution >= 0.6 is 15.2 Å². The predicted octanol–water partition coefficient (Wildman–Crippen LogP) is 6.96. The fourth-order valence-electron chi connectivity index (χ4n) is 3.83. The number of phenolic OH excluding ortho intramolecular Hbond substituents is 2. The van der Waals surface area contributed by atoms with E-state index in [-0.39, 0.29) is 50.3 Å². The number of phenols is 2. The Balaban J connectivity index is 2.45. The van der Waals surface area contributed by atoms with Crippen LogP contribution in [0.2, 0.25) is 0 Å². The van der Waals surface area contributed by atoms with Gasteiger partial charge in [0.15, 0.2) is 0 Å². The van der Waals surface area contributed by atoms with E-state index in [1.54, 1.807) is 64.1 Å². The van der Waals surface area contributed by atoms with Gasteiger partial charge in [-0.25, -0.2) is 0 Å². The molecule has 2 aromatic carbocycles. The van der Waals surface area contributed by atoms with E-state index in [9.17, 15) is 19.3 Å². The molecule has 8 nitrogen and oxygen atoms in total. The molecule has 0 spiro atoms. The normalized spacial score (nSPS) is 12.7. The number of benzene rings is 2. The summed E-state index contributed by atoms with van der Waals surface area (Å²) in [5.74, 6) is 0.00915. The molecule has 0 heterocycles. The summed E-state index contributed by atoms with van der Waals surface area (Å²) in [5.41, 5.74) is 2.03. The molecule has 0 aromatic heterocycles. The number of rotatable bonds is 14. The molecule has 0 aliphatic rings. The molecule has 0 radical (unpaired) electrons. The van der Waals surface area contributed by atoms with Gasteiger partial charge in [0.25, 0.3) is 0 Å². The minimum atomic E-state index is -3.42. The van der Waals surface area contributed by atoms with Crippen molar-refractivity contribution >= 4 is 15.2 Å². The largest absolute Gasteiger partial charge is 0.508 e. The van der Waals surface area contributed by atoms with Gasteiger partial charge in [-0.2, -0.15) is 0 Å². The minimum Gasteiger partial charge on any atom is -0.508 e. The topological polar surface area (TPSA) is 112 Å². The fraction of sp³-hybridized carbons (Fsp3) is 0.520. The lowest BCUT2D eigenvalue weighted by Gasteiger charge is -2.28. The highest BCUT2D eigenvalue weighted by atomic mass is 31.2. The maximum Gasteiger partial charge on any atom is 0.335 e. The van der Waals surface area contributed by atoms with E-state index in [0.29, 0.717) is 11.1 Å². The molecule has 0 amide bonds. The molecule has 0 saturated carbocycles. The first-order valence-electron chi connectivity index (χ1n) is 11.8. The van der Waals surface area contributed by atoms with E-state index in [0.717, 1.165) is 11.1 Å². The van der Waals surface area contributed by atoms with Crippen LogP contribution in [0.4, 0.5) is 0 Å². The number of aromatic hydroxyl groups is 2. The molecule has 2 aromatic rings. The standard InChI is InChI=1S/C25H38O8P2/c1-7-30-34(28,31-8-2)17-19-15-21(11-13-23(19)26)25(5,6)22-12-14-24(27)20(16-22)18-35(29,32-9-3)33-10-4/h11-16,26-27H,7-10,17-18H2,1-6H3. The zero-order valence-electron chi connectivity index (χ0n) is 21.4. The van der Waals surface area contributed by atoms with Gasteiger partial charge in [-0.1, -0.05) is 38.1 Å². The third-order valence-corrected chi connectivity index (χ3v) is 9.70. The van der Waals surface area contributed by atoms with Gasteiger partial charge >= 0.3 is 15.2 Å². The summed E-state index contributed by atoms with van der Waals surface area (Å²) in [6.07, 6.45) is -0.117. The average Bonchev–Trinajstić information content (AvgIpc) is 2.77. The van der Waals surface area contributed by atoms with E-state index in [2.05, 4.69) is 0 Å². The molecule has 0 unspecified atom stereocenters. The Labute approximate surface area is 208 Å². The molecule has 2 rings (SSSR count). The van der Waals surface area contributed by atoms with E-state index < -0.39 is 20.6 Å². The van der Waals surface area contributed by atoms with Crippen molar-refractivity contribution in [2.24, 2.45) is 0 Å². The van der Waals surface area contributed by atoms with Crippen molar-refractivity contribution in [3.8, 4) is 11.5 Å². The summed E-state index contributed by atoms with van der Waals surface area (Å²) in [6.45, 7) is 11.9. The average molecular weight is 529 g/mol. The Morgan fingerprint density at radius 3 is 1.26 bits per heavy atom. The van der Waals surface area contributed by atoms with Crippen molar-refractivity contribution in [2.75, 3.05) is 26.4 Å². The molecule has 0 fully saturated rings. The van der Waals surface area contributed by atoms with Crippen molar-refractivity contribution in [1.29, 1.82) is 0 Å². The van der Waals surface area contributed by atoms with Crippen molar-refractivity contribution in [3.63, 3.8) is 0 Å². The third-order valence-electron chi connectivity index (χ3n) is 5.63. The fourth-order valence-corrected chi connectivity index (χ4v) is 7.26. The summed E-state index contributed by atoms with van der Waals surface area (Å²) in [7, 11) is -6.83. The predicted molar refractivity (Wildman–Crippen MR) is 137 cm³/mol. The van der Waals surface area contributed by atoms with Crippen molar-refractivity contribution < 1.29 is 37.4 Å². The lowest BCUT2D eigenvalue weighted by Crippen LogP contribution is -2.19. The van der Waals surface area contributed by atoms with Gasteiger partial charge in [0, 0.05) is 16.5 Å². The van der Waals surface area contributed by atoms with Gasteiger partial charge in [0.2, 0.25) is 0 Å². The highest BCUT2D eigenvalue weighted by Gasteiger charge is 2.31. The zero-order chi connectivity index (χ0) is 26.3. The molecule has 0 aliphatic carbocycles. The molecule has 0 atom stereocenters. The monoisotopic (exact) mass is 528 g/mol. The van der Waals surface area contributed by atoms with Crippen LogP contribution < -0.4 is 0 Å². The molecule has 35 heavy (non-hydrogen) atoms. The second-order valence-electron chi connectivity index (χ2n) is 8.52. The van der Waals surface area contributed by atoms with Crippen LogP contribution in [0.5, 0.6) is 11.5 Å². The number of hydrogen-bond acceptors (Lipinski definition) is 8. The molecule has 2 N–H and O–H groups in total. The number of hydrogen-bond donors (Lipinski definition) is 2. The Morgan fingerprint density at radius 1 is 0.657 bits per heavy atom. The second kappa shape index (κ2) is 12.5. The van der Waals surface area contributed by atoms with Crippen LogP contribution in [0.1, 0.15) is 63.8 Å². The van der Waals surface area contributed by atoms with Gasteiger partial charge in [-0.05, 0) is 51.0 Å². The van der Waals surface area contributed by atoms with Gasteiger partial charge < -0.3 is 28.3 Å². The maximum absolute atomic E-state index is 13.1. The quantitative estimate of drug-likeness (QED) is 0.253. The van der Waals surface area contributed by atoms with Crippen LogP contribution in [0.3, 0.4) is 0 Å². The Morgan fingerprint density at radius 2 is 0.971 bits per heavy atom. The summed E-state index contributed by atoms with van der Waals surface area (Å²) in [6, 6.07) is 10.3. The molecular formula is C25H38O8P2. The molecule has 10 heteroatoms. The summed E-state index contributed by atoms with van der Waals surface area (Å²) < 4.78 is 47.7. The van der Waals surface area contributed by atoms with Crippen molar-refractivity contribution in [3.05, 3.63) is 58.7 Å². The Hall–Kier alpha value is -1.66. The molecule has 0 bridgehead atoms. The van der Waals surface area contributed by atoms with E-state index in [1.807, 2.05) is 13.8 Å². The van der Waals surface area contributed by atoms with Gasteiger partial charge in [0.05, 0.1) is 38.8 Å². The molecule has 0 saturated heterocycles. The van der Waals surface area contributed by atoms with Crippen molar-refractivity contribution in [2.45, 2.75) is 59.3 Å². The third kappa shape index (κ3) is 7.66. The van der Waals surface area contributed by atoms with E-state index in [4.69, 9.17) is 18.1 Å². The van der Waals surface area contributed by atoms with Crippen LogP contribution in [0.25, 0.3) is 0 Å². The molecule has 0 aliphatic heterocycles. The van der Waals surface area contributed by atoms with Crippen molar-refractivity contribution in [1.82, 2.24) is 0 Å². The Kier molecular flexibility index (Phi) is 10.6. The molecule has 196 valence electrons. The first kappa shape index (κ1) is 29.6. The maximum atomic E-state index is 13.1. The van der Waals surface area contributed by atoms with E-state index in [1.165, 1.54) is 0 Å². The minimum absolute atomic E-state index is 0.00458. The van der Waals surface area contributed by atoms with Gasteiger partial charge in [0.1, 0.15) is 11.5 Å². The molecular weight excluding hydrogens is 490 g/mol. The SMILES string of the molecule is CCOP(=O)(Cc1cc(C(C)(C)c2ccc(O)c(CP(=O)(OCC)OCC)c2)ccc1O)OCC. The van der Waals surface area contributed by atoms with Crippen LogP contribution in [0, 0.1) is 0 Å². The summed E-state index contributed by atoms with van der Waals surface area (Å²) >= 11 is 0. The lowest BCUT2D eigenvalue weighted by molar-refractivity contribution is 0.218. The van der Waals surface area contributed by atoms with Crippen LogP contribution in [-0.2, 0) is 45.0 Å². The highest BCUT2D eigenvalue weighted by molar-refractivity contribution is 7.53. The smallest absolute Gasteiger partial charge is 0.335 e. The van der Waals surface area contributed by atoms with Crippen LogP contribution in [0.15, 0.2) is 36.4 Å². The lowest BCUT2D eigenvalue weighted by atomic mass is 9.77. The van der Waals surface area contributed by atoms with Gasteiger partial charge in [-0.15, -0.1) is 0 Å². The Bertz CT molecular complexity index is 980. The summed E-state index contributed by atoms with van der Waals surface area (Å²) in [4.78, 5) is 0.